The Bertz CT molecular complexity index is 608. The van der Waals surface area contributed by atoms with Crippen LogP contribution in [-0.4, -0.2) is 65.3 Å². The van der Waals surface area contributed by atoms with Gasteiger partial charge in [-0.3, -0.25) is 4.90 Å². The minimum absolute atomic E-state index is 0.174. The fourth-order valence-corrected chi connectivity index (χ4v) is 5.49. The first kappa shape index (κ1) is 23.3. The molecular formula is C24H42N4O2. The summed E-state index contributed by atoms with van der Waals surface area (Å²) in [5, 5.41) is 13.1. The number of rotatable bonds is 4. The highest BCUT2D eigenvalue weighted by molar-refractivity contribution is 5.68. The summed E-state index contributed by atoms with van der Waals surface area (Å²) >= 11 is 0. The molecule has 170 valence electrons. The number of amides is 1. The SMILES string of the molecule is CC(C)(C)OC(=O)N1CCC(C)(N2CCC(N[C@H]3CCCC[C@@H]3CC#N)CC2)CC1. The minimum Gasteiger partial charge on any atom is -0.444 e. The quantitative estimate of drug-likeness (QED) is 0.737. The van der Waals surface area contributed by atoms with Gasteiger partial charge in [-0.2, -0.15) is 5.26 Å². The number of nitrogens with zero attached hydrogens (tertiary/aromatic N) is 3. The maximum absolute atomic E-state index is 12.4. The highest BCUT2D eigenvalue weighted by Gasteiger charge is 2.39. The van der Waals surface area contributed by atoms with Crippen LogP contribution in [0.1, 0.15) is 85.5 Å². The second-order valence-electron chi connectivity index (χ2n) is 10.9. The molecule has 3 fully saturated rings. The number of nitrogens with one attached hydrogen (secondary N) is 1. The van der Waals surface area contributed by atoms with Crippen LogP contribution < -0.4 is 5.32 Å². The molecule has 2 aliphatic heterocycles. The van der Waals surface area contributed by atoms with Gasteiger partial charge >= 0.3 is 6.09 Å². The molecule has 2 heterocycles. The van der Waals surface area contributed by atoms with Gasteiger partial charge in [-0.1, -0.05) is 12.8 Å². The highest BCUT2D eigenvalue weighted by Crippen LogP contribution is 2.33. The molecule has 30 heavy (non-hydrogen) atoms. The number of hydrogen-bond acceptors (Lipinski definition) is 5. The normalized spacial score (nSPS) is 28.7. The van der Waals surface area contributed by atoms with E-state index < -0.39 is 5.60 Å². The first-order chi connectivity index (χ1) is 14.2. The van der Waals surface area contributed by atoms with Gasteiger partial charge in [0.2, 0.25) is 0 Å². The molecule has 0 unspecified atom stereocenters. The largest absolute Gasteiger partial charge is 0.444 e. The molecule has 0 radical (unpaired) electrons. The maximum atomic E-state index is 12.4. The minimum atomic E-state index is -0.433. The molecule has 1 N–H and O–H groups in total. The van der Waals surface area contributed by atoms with E-state index in [1.165, 1.54) is 38.5 Å². The molecule has 0 aromatic rings. The van der Waals surface area contributed by atoms with Gasteiger partial charge in [0.1, 0.15) is 5.60 Å². The molecule has 0 aromatic carbocycles. The Morgan fingerprint density at radius 3 is 2.33 bits per heavy atom. The summed E-state index contributed by atoms with van der Waals surface area (Å²) in [7, 11) is 0. The number of hydrogen-bond donors (Lipinski definition) is 1. The van der Waals surface area contributed by atoms with E-state index in [9.17, 15) is 4.79 Å². The number of likely N-dealkylation sites (tertiary alicyclic amines) is 2. The Morgan fingerprint density at radius 1 is 1.10 bits per heavy atom. The molecule has 2 atom stereocenters. The fourth-order valence-electron chi connectivity index (χ4n) is 5.49. The molecule has 6 heteroatoms. The Balaban J connectivity index is 1.45. The molecule has 3 aliphatic rings. The van der Waals surface area contributed by atoms with Crippen LogP contribution in [0.4, 0.5) is 4.79 Å². The summed E-state index contributed by atoms with van der Waals surface area (Å²) in [6, 6.07) is 3.51. The van der Waals surface area contributed by atoms with E-state index in [0.717, 1.165) is 39.0 Å². The second-order valence-corrected chi connectivity index (χ2v) is 10.9. The molecule has 3 rings (SSSR count). The monoisotopic (exact) mass is 418 g/mol. The fraction of sp³-hybridized carbons (Fsp3) is 0.917. The molecule has 2 saturated heterocycles. The van der Waals surface area contributed by atoms with E-state index in [4.69, 9.17) is 10.00 Å². The van der Waals surface area contributed by atoms with E-state index in [0.29, 0.717) is 24.4 Å². The van der Waals surface area contributed by atoms with Crippen molar-refractivity contribution in [3.8, 4) is 6.07 Å². The van der Waals surface area contributed by atoms with E-state index in [2.05, 4.69) is 23.2 Å². The zero-order valence-corrected chi connectivity index (χ0v) is 19.6. The van der Waals surface area contributed by atoms with Gasteiger partial charge in [0.15, 0.2) is 0 Å². The molecule has 1 amide bonds. The van der Waals surface area contributed by atoms with Crippen molar-refractivity contribution in [2.45, 2.75) is 109 Å². The van der Waals surface area contributed by atoms with Crippen LogP contribution in [0.5, 0.6) is 0 Å². The Hall–Kier alpha value is -1.32. The van der Waals surface area contributed by atoms with Crippen molar-refractivity contribution in [1.82, 2.24) is 15.1 Å². The number of nitriles is 1. The molecule has 6 nitrogen and oxygen atoms in total. The summed E-state index contributed by atoms with van der Waals surface area (Å²) in [5.74, 6) is 0.538. The van der Waals surface area contributed by atoms with Crippen molar-refractivity contribution in [2.24, 2.45) is 5.92 Å². The molecule has 0 aromatic heterocycles. The molecule has 0 bridgehead atoms. The predicted octanol–water partition coefficient (Wildman–Crippen LogP) is 4.30. The summed E-state index contributed by atoms with van der Waals surface area (Å²) in [6.45, 7) is 11.9. The third-order valence-electron chi connectivity index (χ3n) is 7.46. The lowest BCUT2D eigenvalue weighted by atomic mass is 9.81. The third-order valence-corrected chi connectivity index (χ3v) is 7.46. The van der Waals surface area contributed by atoms with E-state index in [1.54, 1.807) is 0 Å². The molecule has 1 aliphatic carbocycles. The van der Waals surface area contributed by atoms with Gasteiger partial charge in [-0.25, -0.2) is 4.79 Å². The Morgan fingerprint density at radius 2 is 1.73 bits per heavy atom. The maximum Gasteiger partial charge on any atom is 0.410 e. The topological polar surface area (TPSA) is 68.6 Å². The van der Waals surface area contributed by atoms with Gasteiger partial charge in [0, 0.05) is 50.2 Å². The molecule has 0 spiro atoms. The smallest absolute Gasteiger partial charge is 0.410 e. The van der Waals surface area contributed by atoms with Crippen LogP contribution in [0, 0.1) is 17.2 Å². The summed E-state index contributed by atoms with van der Waals surface area (Å²) < 4.78 is 5.55. The summed E-state index contributed by atoms with van der Waals surface area (Å²) in [4.78, 5) is 16.9. The lowest BCUT2D eigenvalue weighted by Crippen LogP contribution is -2.58. The number of carbonyl (C=O) groups is 1. The van der Waals surface area contributed by atoms with E-state index in [1.807, 2.05) is 25.7 Å². The van der Waals surface area contributed by atoms with E-state index in [-0.39, 0.29) is 11.6 Å². The zero-order chi connectivity index (χ0) is 21.8. The second kappa shape index (κ2) is 9.87. The Kier molecular flexibility index (Phi) is 7.68. The van der Waals surface area contributed by atoms with Crippen LogP contribution in [-0.2, 0) is 4.74 Å². The lowest BCUT2D eigenvalue weighted by molar-refractivity contribution is -0.00932. The van der Waals surface area contributed by atoms with Crippen LogP contribution >= 0.6 is 0 Å². The molecular weight excluding hydrogens is 376 g/mol. The van der Waals surface area contributed by atoms with Gasteiger partial charge < -0.3 is 15.0 Å². The van der Waals surface area contributed by atoms with Gasteiger partial charge in [-0.15, -0.1) is 0 Å². The average molecular weight is 419 g/mol. The van der Waals surface area contributed by atoms with Crippen molar-refractivity contribution in [2.75, 3.05) is 26.2 Å². The first-order valence-electron chi connectivity index (χ1n) is 12.1. The van der Waals surface area contributed by atoms with E-state index >= 15 is 0 Å². The first-order valence-corrected chi connectivity index (χ1v) is 12.1. The van der Waals surface area contributed by atoms with Gasteiger partial charge in [-0.05, 0) is 72.1 Å². The number of piperidine rings is 2. The molecule has 1 saturated carbocycles. The number of carbonyl (C=O) groups excluding carboxylic acids is 1. The highest BCUT2D eigenvalue weighted by atomic mass is 16.6. The summed E-state index contributed by atoms with van der Waals surface area (Å²) in [5.41, 5.74) is -0.255. The average Bonchev–Trinajstić information content (AvgIpc) is 2.69. The van der Waals surface area contributed by atoms with Crippen LogP contribution in [0.2, 0.25) is 0 Å². The van der Waals surface area contributed by atoms with Crippen molar-refractivity contribution in [3.63, 3.8) is 0 Å². The zero-order valence-electron chi connectivity index (χ0n) is 19.6. The predicted molar refractivity (Wildman–Crippen MR) is 119 cm³/mol. The lowest BCUT2D eigenvalue weighted by Gasteiger charge is -2.49. The van der Waals surface area contributed by atoms with Crippen molar-refractivity contribution >= 4 is 6.09 Å². The van der Waals surface area contributed by atoms with Crippen molar-refractivity contribution < 1.29 is 9.53 Å². The van der Waals surface area contributed by atoms with Crippen molar-refractivity contribution in [1.29, 1.82) is 5.26 Å². The Labute approximate surface area is 183 Å². The third kappa shape index (κ3) is 6.11. The number of ether oxygens (including phenoxy) is 1. The van der Waals surface area contributed by atoms with Crippen molar-refractivity contribution in [3.05, 3.63) is 0 Å². The summed E-state index contributed by atoms with van der Waals surface area (Å²) in [6.07, 6.45) is 9.92. The van der Waals surface area contributed by atoms with Gasteiger partial charge in [0.25, 0.3) is 0 Å². The van der Waals surface area contributed by atoms with Gasteiger partial charge in [0.05, 0.1) is 6.07 Å². The van der Waals surface area contributed by atoms with Crippen LogP contribution in [0.25, 0.3) is 0 Å². The standard InChI is InChI=1S/C24H42N4O2/c1-23(2,3)30-22(29)27-17-12-24(4,13-18-27)28-15-10-20(11-16-28)26-21-8-6-5-7-19(21)9-14-25/h19-21,26H,5-13,15-18H2,1-4H3/t19-,21+/m1/s1. The van der Waals surface area contributed by atoms with Crippen LogP contribution in [0.3, 0.4) is 0 Å². The van der Waals surface area contributed by atoms with Crippen LogP contribution in [0.15, 0.2) is 0 Å².